The Hall–Kier alpha value is 0.100. The fraction of sp³-hybridized carbons (Fsp3) is 1.00. The minimum atomic E-state index is -4.01. The van der Waals surface area contributed by atoms with E-state index in [0.29, 0.717) is 5.92 Å². The highest BCUT2D eigenvalue weighted by atomic mass is 32.2. The summed E-state index contributed by atoms with van der Waals surface area (Å²) in [6.45, 7) is 2.70. The van der Waals surface area contributed by atoms with Gasteiger partial charge in [0.1, 0.15) is 0 Å². The van der Waals surface area contributed by atoms with Crippen molar-refractivity contribution in [3.05, 3.63) is 0 Å². The zero-order valence-corrected chi connectivity index (χ0v) is 9.76. The first-order valence-electron chi connectivity index (χ1n) is 5.41. The third kappa shape index (κ3) is 5.11. The first-order chi connectivity index (χ1) is 7.03. The van der Waals surface area contributed by atoms with Gasteiger partial charge in [-0.15, -0.1) is 0 Å². The molecule has 1 aliphatic heterocycles. The zero-order chi connectivity index (χ0) is 11.3. The predicted octanol–water partition coefficient (Wildman–Crippen LogP) is 3.06. The number of rotatable bonds is 5. The van der Waals surface area contributed by atoms with Crippen LogP contribution in [-0.4, -0.2) is 30.3 Å². The molecule has 0 amide bonds. The lowest BCUT2D eigenvalue weighted by atomic mass is 9.95. The van der Waals surface area contributed by atoms with Crippen molar-refractivity contribution in [3.8, 4) is 0 Å². The van der Waals surface area contributed by atoms with Gasteiger partial charge in [0.2, 0.25) is 0 Å². The maximum atomic E-state index is 12.1. The highest BCUT2D eigenvalue weighted by Crippen LogP contribution is 2.30. The minimum Gasteiger partial charge on any atom is -0.314 e. The minimum absolute atomic E-state index is 0.0478. The second-order valence-electron chi connectivity index (χ2n) is 3.94. The van der Waals surface area contributed by atoms with Crippen LogP contribution in [0.5, 0.6) is 0 Å². The fourth-order valence-electron chi connectivity index (χ4n) is 1.96. The molecule has 1 N–H and O–H groups in total. The molecule has 5 heteroatoms. The molecule has 1 nitrogen and oxygen atoms in total. The van der Waals surface area contributed by atoms with Crippen molar-refractivity contribution in [3.63, 3.8) is 0 Å². The van der Waals surface area contributed by atoms with Crippen molar-refractivity contribution < 1.29 is 13.2 Å². The normalized spacial score (nSPS) is 24.4. The molecule has 0 saturated carbocycles. The van der Waals surface area contributed by atoms with E-state index in [1.807, 2.05) is 18.7 Å². The van der Waals surface area contributed by atoms with Crippen LogP contribution < -0.4 is 5.32 Å². The van der Waals surface area contributed by atoms with Gasteiger partial charge in [-0.1, -0.05) is 6.92 Å². The molecular formula is C10H18F3NS. The molecule has 2 atom stereocenters. The van der Waals surface area contributed by atoms with Crippen molar-refractivity contribution in [2.45, 2.75) is 38.4 Å². The van der Waals surface area contributed by atoms with E-state index >= 15 is 0 Å². The highest BCUT2D eigenvalue weighted by Gasteiger charge is 2.31. The Morgan fingerprint density at radius 3 is 2.67 bits per heavy atom. The molecule has 0 aliphatic carbocycles. The van der Waals surface area contributed by atoms with Gasteiger partial charge in [-0.25, -0.2) is 0 Å². The van der Waals surface area contributed by atoms with Gasteiger partial charge in [0.05, 0.1) is 0 Å². The van der Waals surface area contributed by atoms with E-state index in [4.69, 9.17) is 0 Å². The quantitative estimate of drug-likeness (QED) is 0.794. The first kappa shape index (κ1) is 13.2. The monoisotopic (exact) mass is 241 g/mol. The molecule has 0 aromatic rings. The summed E-state index contributed by atoms with van der Waals surface area (Å²) < 4.78 is 36.3. The van der Waals surface area contributed by atoms with Crippen LogP contribution in [0.3, 0.4) is 0 Å². The number of alkyl halides is 3. The Morgan fingerprint density at radius 2 is 2.20 bits per heavy atom. The second kappa shape index (κ2) is 5.99. The van der Waals surface area contributed by atoms with Gasteiger partial charge < -0.3 is 5.32 Å². The van der Waals surface area contributed by atoms with Gasteiger partial charge in [-0.05, 0) is 36.8 Å². The lowest BCUT2D eigenvalue weighted by Crippen LogP contribution is -2.37. The Morgan fingerprint density at radius 1 is 1.47 bits per heavy atom. The molecular weight excluding hydrogens is 223 g/mol. The van der Waals surface area contributed by atoms with Gasteiger partial charge in [0, 0.05) is 12.5 Å². The molecule has 2 unspecified atom stereocenters. The summed E-state index contributed by atoms with van der Waals surface area (Å²) in [4.78, 5) is 0. The summed E-state index contributed by atoms with van der Waals surface area (Å²) in [5, 5.41) is 3.18. The second-order valence-corrected chi connectivity index (χ2v) is 5.09. The summed E-state index contributed by atoms with van der Waals surface area (Å²) in [6, 6.07) is 0.0478. The molecule has 1 fully saturated rings. The van der Waals surface area contributed by atoms with Crippen molar-refractivity contribution in [2.75, 3.05) is 18.1 Å². The lowest BCUT2D eigenvalue weighted by molar-refractivity contribution is -0.137. The molecule has 90 valence electrons. The smallest absolute Gasteiger partial charge is 0.314 e. The summed E-state index contributed by atoms with van der Waals surface area (Å²) in [7, 11) is 0. The van der Waals surface area contributed by atoms with E-state index in [1.165, 1.54) is 0 Å². The predicted molar refractivity (Wildman–Crippen MR) is 58.2 cm³/mol. The Bertz CT molecular complexity index is 178. The molecule has 0 radical (unpaired) electrons. The van der Waals surface area contributed by atoms with Crippen molar-refractivity contribution >= 4 is 11.8 Å². The van der Waals surface area contributed by atoms with E-state index < -0.39 is 12.6 Å². The Kier molecular flexibility index (Phi) is 5.26. The van der Waals surface area contributed by atoms with E-state index in [-0.39, 0.29) is 12.5 Å². The van der Waals surface area contributed by atoms with Gasteiger partial charge in [0.25, 0.3) is 0 Å². The molecule has 1 heterocycles. The summed E-state index contributed by atoms with van der Waals surface area (Å²) >= 11 is 1.85. The van der Waals surface area contributed by atoms with Gasteiger partial charge in [-0.3, -0.25) is 0 Å². The SMILES string of the molecule is CCNC(CCC(F)(F)F)C1CCSC1. The Balaban J connectivity index is 2.35. The van der Waals surface area contributed by atoms with Gasteiger partial charge >= 0.3 is 6.18 Å². The molecule has 1 saturated heterocycles. The maximum Gasteiger partial charge on any atom is 0.389 e. The third-order valence-corrected chi connectivity index (χ3v) is 3.93. The van der Waals surface area contributed by atoms with Crippen LogP contribution in [-0.2, 0) is 0 Å². The topological polar surface area (TPSA) is 12.0 Å². The van der Waals surface area contributed by atoms with E-state index in [2.05, 4.69) is 5.32 Å². The van der Waals surface area contributed by atoms with Gasteiger partial charge in [0.15, 0.2) is 0 Å². The van der Waals surface area contributed by atoms with Crippen LogP contribution >= 0.6 is 11.8 Å². The molecule has 0 bridgehead atoms. The largest absolute Gasteiger partial charge is 0.389 e. The standard InChI is InChI=1S/C10H18F3NS/c1-2-14-9(3-5-10(11,12)13)8-4-6-15-7-8/h8-9,14H,2-7H2,1H3. The molecule has 15 heavy (non-hydrogen) atoms. The fourth-order valence-corrected chi connectivity index (χ4v) is 3.29. The third-order valence-electron chi connectivity index (χ3n) is 2.74. The van der Waals surface area contributed by atoms with Crippen LogP contribution in [0.25, 0.3) is 0 Å². The van der Waals surface area contributed by atoms with Crippen LogP contribution in [0.1, 0.15) is 26.2 Å². The molecule has 0 aromatic carbocycles. The average molecular weight is 241 g/mol. The molecule has 0 aromatic heterocycles. The van der Waals surface area contributed by atoms with Gasteiger partial charge in [-0.2, -0.15) is 24.9 Å². The highest BCUT2D eigenvalue weighted by molar-refractivity contribution is 7.99. The van der Waals surface area contributed by atoms with Crippen molar-refractivity contribution in [1.29, 1.82) is 0 Å². The van der Waals surface area contributed by atoms with Crippen LogP contribution in [0, 0.1) is 5.92 Å². The summed E-state index contributed by atoms with van der Waals surface area (Å²) in [6.07, 6.45) is -3.39. The molecule has 1 aliphatic rings. The summed E-state index contributed by atoms with van der Waals surface area (Å²) in [5.74, 6) is 2.53. The zero-order valence-electron chi connectivity index (χ0n) is 8.94. The number of thioether (sulfide) groups is 1. The average Bonchev–Trinajstić information content (AvgIpc) is 2.63. The van der Waals surface area contributed by atoms with Crippen molar-refractivity contribution in [2.24, 2.45) is 5.92 Å². The van der Waals surface area contributed by atoms with E-state index in [9.17, 15) is 13.2 Å². The molecule has 1 rings (SSSR count). The number of hydrogen-bond acceptors (Lipinski definition) is 2. The van der Waals surface area contributed by atoms with Crippen molar-refractivity contribution in [1.82, 2.24) is 5.32 Å². The maximum absolute atomic E-state index is 12.1. The lowest BCUT2D eigenvalue weighted by Gasteiger charge is -2.24. The van der Waals surface area contributed by atoms with Crippen LogP contribution in [0.15, 0.2) is 0 Å². The van der Waals surface area contributed by atoms with Crippen LogP contribution in [0.4, 0.5) is 13.2 Å². The number of nitrogens with one attached hydrogen (secondary N) is 1. The van der Waals surface area contributed by atoms with Crippen LogP contribution in [0.2, 0.25) is 0 Å². The first-order valence-corrected chi connectivity index (χ1v) is 6.56. The Labute approximate surface area is 93.2 Å². The summed E-state index contributed by atoms with van der Waals surface area (Å²) in [5.41, 5.74) is 0. The number of halogens is 3. The van der Waals surface area contributed by atoms with E-state index in [1.54, 1.807) is 0 Å². The molecule has 0 spiro atoms. The van der Waals surface area contributed by atoms with E-state index in [0.717, 1.165) is 24.5 Å². The number of hydrogen-bond donors (Lipinski definition) is 1.